The Balaban J connectivity index is 1.70. The lowest BCUT2D eigenvalue weighted by Gasteiger charge is -2.15. The van der Waals surface area contributed by atoms with E-state index in [1.165, 1.54) is 11.1 Å². The second-order valence-corrected chi connectivity index (χ2v) is 5.35. The van der Waals surface area contributed by atoms with Gasteiger partial charge in [-0.15, -0.1) is 0 Å². The van der Waals surface area contributed by atoms with Crippen molar-refractivity contribution in [3.05, 3.63) is 53.1 Å². The van der Waals surface area contributed by atoms with Crippen molar-refractivity contribution >= 4 is 0 Å². The van der Waals surface area contributed by atoms with E-state index in [0.717, 1.165) is 5.56 Å². The van der Waals surface area contributed by atoms with Gasteiger partial charge in [0.15, 0.2) is 11.5 Å². The van der Waals surface area contributed by atoms with E-state index in [2.05, 4.69) is 43.4 Å². The first-order chi connectivity index (χ1) is 10.1. The Bertz CT molecular complexity index is 654. The maximum atomic E-state index is 10.0. The molecule has 0 saturated carbocycles. The van der Waals surface area contributed by atoms with E-state index in [0.29, 0.717) is 18.0 Å². The molecule has 2 N–H and O–H groups in total. The van der Waals surface area contributed by atoms with Crippen molar-refractivity contribution in [3.63, 3.8) is 0 Å². The topological polar surface area (TPSA) is 50.7 Å². The highest BCUT2D eigenvalue weighted by Crippen LogP contribution is 2.37. The highest BCUT2D eigenvalue weighted by Gasteiger charge is 2.17. The van der Waals surface area contributed by atoms with Gasteiger partial charge >= 0.3 is 0 Å². The molecule has 2 aromatic carbocycles. The summed E-state index contributed by atoms with van der Waals surface area (Å²) in [6, 6.07) is 12.0. The fourth-order valence-electron chi connectivity index (χ4n) is 2.44. The standard InChI is InChI=1S/C17H19NO3/c1-11-4-3-5-13(6-11)12(2)18-9-14-7-16-17(8-15(14)19)21-10-20-16/h3-8,12,18-19H,9-10H2,1-2H3/t12-/m0/s1. The van der Waals surface area contributed by atoms with Crippen molar-refractivity contribution in [2.45, 2.75) is 26.4 Å². The Morgan fingerprint density at radius 1 is 1.19 bits per heavy atom. The van der Waals surface area contributed by atoms with E-state index in [1.54, 1.807) is 6.07 Å². The van der Waals surface area contributed by atoms with Crippen LogP contribution in [0.15, 0.2) is 36.4 Å². The number of aryl methyl sites for hydroxylation is 1. The Morgan fingerprint density at radius 2 is 1.95 bits per heavy atom. The van der Waals surface area contributed by atoms with Crippen LogP contribution in [0.3, 0.4) is 0 Å². The molecule has 1 atom stereocenters. The summed E-state index contributed by atoms with van der Waals surface area (Å²) in [4.78, 5) is 0. The van der Waals surface area contributed by atoms with Gasteiger partial charge in [-0.1, -0.05) is 29.8 Å². The van der Waals surface area contributed by atoms with Gasteiger partial charge in [-0.2, -0.15) is 0 Å². The third-order valence-corrected chi connectivity index (χ3v) is 3.71. The van der Waals surface area contributed by atoms with E-state index in [-0.39, 0.29) is 18.6 Å². The Kier molecular flexibility index (Phi) is 3.71. The number of hydrogen-bond acceptors (Lipinski definition) is 4. The predicted molar refractivity (Wildman–Crippen MR) is 80.7 cm³/mol. The monoisotopic (exact) mass is 285 g/mol. The molecule has 1 heterocycles. The molecular formula is C17H19NO3. The molecule has 0 bridgehead atoms. The molecule has 0 fully saturated rings. The van der Waals surface area contributed by atoms with E-state index >= 15 is 0 Å². The van der Waals surface area contributed by atoms with Crippen LogP contribution < -0.4 is 14.8 Å². The molecule has 21 heavy (non-hydrogen) atoms. The number of ether oxygens (including phenoxy) is 2. The first-order valence-corrected chi connectivity index (χ1v) is 7.05. The number of rotatable bonds is 4. The molecule has 1 aliphatic rings. The number of fused-ring (bicyclic) bond motifs is 1. The molecule has 4 nitrogen and oxygen atoms in total. The quantitative estimate of drug-likeness (QED) is 0.905. The van der Waals surface area contributed by atoms with Crippen LogP contribution in [0.2, 0.25) is 0 Å². The molecule has 4 heteroatoms. The normalized spacial score (nSPS) is 14.2. The Labute approximate surface area is 124 Å². The van der Waals surface area contributed by atoms with Crippen molar-refractivity contribution in [3.8, 4) is 17.2 Å². The summed E-state index contributed by atoms with van der Waals surface area (Å²) in [6.07, 6.45) is 0. The van der Waals surface area contributed by atoms with Gasteiger partial charge in [0.1, 0.15) is 5.75 Å². The van der Waals surface area contributed by atoms with Gasteiger partial charge < -0.3 is 19.9 Å². The molecule has 1 aliphatic heterocycles. The van der Waals surface area contributed by atoms with Gasteiger partial charge in [0.05, 0.1) is 0 Å². The molecule has 0 saturated heterocycles. The SMILES string of the molecule is Cc1cccc([C@H](C)NCc2cc3c(cc2O)OCO3)c1. The van der Waals surface area contributed by atoms with Crippen LogP contribution in [0.1, 0.15) is 29.7 Å². The molecule has 2 aromatic rings. The van der Waals surface area contributed by atoms with Gasteiger partial charge in [-0.25, -0.2) is 0 Å². The number of phenols is 1. The minimum absolute atomic E-state index is 0.203. The third kappa shape index (κ3) is 2.95. The van der Waals surface area contributed by atoms with Crippen LogP contribution in [0.5, 0.6) is 17.2 Å². The molecule has 0 unspecified atom stereocenters. The lowest BCUT2D eigenvalue weighted by molar-refractivity contribution is 0.174. The van der Waals surface area contributed by atoms with Crippen LogP contribution in [-0.4, -0.2) is 11.9 Å². The molecule has 0 aromatic heterocycles. The summed E-state index contributed by atoms with van der Waals surface area (Å²) in [5.41, 5.74) is 3.28. The smallest absolute Gasteiger partial charge is 0.231 e. The first-order valence-electron chi connectivity index (χ1n) is 7.05. The van der Waals surface area contributed by atoms with Gasteiger partial charge in [0.25, 0.3) is 0 Å². The van der Waals surface area contributed by atoms with E-state index in [1.807, 2.05) is 6.07 Å². The molecular weight excluding hydrogens is 266 g/mol. The fraction of sp³-hybridized carbons (Fsp3) is 0.294. The predicted octanol–water partition coefficient (Wildman–Crippen LogP) is 3.28. The van der Waals surface area contributed by atoms with Crippen LogP contribution >= 0.6 is 0 Å². The molecule has 110 valence electrons. The van der Waals surface area contributed by atoms with Gasteiger partial charge in [-0.05, 0) is 25.5 Å². The summed E-state index contributed by atoms with van der Waals surface area (Å²) in [7, 11) is 0. The summed E-state index contributed by atoms with van der Waals surface area (Å²) in [6.45, 7) is 4.97. The molecule has 0 amide bonds. The van der Waals surface area contributed by atoms with Crippen molar-refractivity contribution in [2.24, 2.45) is 0 Å². The lowest BCUT2D eigenvalue weighted by Crippen LogP contribution is -2.18. The maximum absolute atomic E-state index is 10.0. The van der Waals surface area contributed by atoms with Crippen LogP contribution in [0, 0.1) is 6.92 Å². The average Bonchev–Trinajstić information content (AvgIpc) is 2.91. The van der Waals surface area contributed by atoms with Gasteiger partial charge in [-0.3, -0.25) is 0 Å². The van der Waals surface area contributed by atoms with Crippen LogP contribution in [-0.2, 0) is 6.54 Å². The van der Waals surface area contributed by atoms with Crippen molar-refractivity contribution < 1.29 is 14.6 Å². The zero-order chi connectivity index (χ0) is 14.8. The van der Waals surface area contributed by atoms with E-state index < -0.39 is 0 Å². The maximum Gasteiger partial charge on any atom is 0.231 e. The second kappa shape index (κ2) is 5.66. The highest BCUT2D eigenvalue weighted by molar-refractivity contribution is 5.51. The van der Waals surface area contributed by atoms with Gasteiger partial charge in [0.2, 0.25) is 6.79 Å². The third-order valence-electron chi connectivity index (χ3n) is 3.71. The number of phenolic OH excluding ortho intramolecular Hbond substituents is 1. The minimum atomic E-state index is 0.203. The zero-order valence-electron chi connectivity index (χ0n) is 12.2. The average molecular weight is 285 g/mol. The number of aromatic hydroxyl groups is 1. The molecule has 3 rings (SSSR count). The molecule has 0 radical (unpaired) electrons. The lowest BCUT2D eigenvalue weighted by atomic mass is 10.1. The summed E-state index contributed by atoms with van der Waals surface area (Å²) in [5.74, 6) is 1.51. The molecule has 0 spiro atoms. The Hall–Kier alpha value is -2.20. The highest BCUT2D eigenvalue weighted by atomic mass is 16.7. The first kappa shape index (κ1) is 13.8. The van der Waals surface area contributed by atoms with E-state index in [4.69, 9.17) is 9.47 Å². The number of benzene rings is 2. The summed E-state index contributed by atoms with van der Waals surface area (Å²) in [5, 5.41) is 13.4. The summed E-state index contributed by atoms with van der Waals surface area (Å²) < 4.78 is 10.6. The largest absolute Gasteiger partial charge is 0.507 e. The zero-order valence-corrected chi connectivity index (χ0v) is 12.2. The van der Waals surface area contributed by atoms with Crippen molar-refractivity contribution in [1.29, 1.82) is 0 Å². The van der Waals surface area contributed by atoms with Gasteiger partial charge in [0, 0.05) is 24.2 Å². The van der Waals surface area contributed by atoms with Crippen LogP contribution in [0.25, 0.3) is 0 Å². The summed E-state index contributed by atoms with van der Waals surface area (Å²) >= 11 is 0. The Morgan fingerprint density at radius 3 is 2.71 bits per heavy atom. The van der Waals surface area contributed by atoms with Crippen LogP contribution in [0.4, 0.5) is 0 Å². The number of nitrogens with one attached hydrogen (secondary N) is 1. The van der Waals surface area contributed by atoms with E-state index in [9.17, 15) is 5.11 Å². The minimum Gasteiger partial charge on any atom is -0.507 e. The van der Waals surface area contributed by atoms with Crippen molar-refractivity contribution in [2.75, 3.05) is 6.79 Å². The number of hydrogen-bond donors (Lipinski definition) is 2. The van der Waals surface area contributed by atoms with Crippen molar-refractivity contribution in [1.82, 2.24) is 5.32 Å². The second-order valence-electron chi connectivity index (χ2n) is 5.35. The fourth-order valence-corrected chi connectivity index (χ4v) is 2.44. The molecule has 0 aliphatic carbocycles.